The van der Waals surface area contributed by atoms with Crippen molar-refractivity contribution >= 4 is 27.2 Å². The van der Waals surface area contributed by atoms with Crippen molar-refractivity contribution in [3.63, 3.8) is 0 Å². The molecule has 0 aliphatic carbocycles. The first kappa shape index (κ1) is 13.6. The third kappa shape index (κ3) is 2.38. The lowest BCUT2D eigenvalue weighted by Crippen LogP contribution is -2.20. The van der Waals surface area contributed by atoms with Crippen molar-refractivity contribution in [2.75, 3.05) is 12.8 Å². The minimum atomic E-state index is -0.0306. The summed E-state index contributed by atoms with van der Waals surface area (Å²) in [5.74, 6) is 0.671. The topological polar surface area (TPSA) is 70.1 Å². The molecule has 0 radical (unpaired) electrons. The summed E-state index contributed by atoms with van der Waals surface area (Å²) in [7, 11) is 1.59. The first-order valence-electron chi connectivity index (χ1n) is 6.46. The standard InChI is InChI=1S/C15H15N3O2S/c1-9-7-21-14-13(9)17-8-18(15(14)19)6-10-3-4-11(16)5-12(10)20-2/h3-5,7-8H,6,16H2,1-2H3. The van der Waals surface area contributed by atoms with E-state index < -0.39 is 0 Å². The van der Waals surface area contributed by atoms with E-state index in [1.165, 1.54) is 11.3 Å². The molecule has 0 atom stereocenters. The van der Waals surface area contributed by atoms with Crippen LogP contribution >= 0.6 is 11.3 Å². The number of rotatable bonds is 3. The second-order valence-electron chi connectivity index (χ2n) is 4.85. The molecule has 2 aromatic heterocycles. The van der Waals surface area contributed by atoms with Gasteiger partial charge in [0.15, 0.2) is 0 Å². The van der Waals surface area contributed by atoms with Crippen molar-refractivity contribution in [2.24, 2.45) is 0 Å². The summed E-state index contributed by atoms with van der Waals surface area (Å²) < 4.78 is 7.59. The van der Waals surface area contributed by atoms with E-state index in [1.54, 1.807) is 30.1 Å². The van der Waals surface area contributed by atoms with Gasteiger partial charge in [-0.05, 0) is 23.9 Å². The molecule has 0 amide bonds. The molecule has 2 heterocycles. The van der Waals surface area contributed by atoms with Crippen LogP contribution in [0.5, 0.6) is 5.75 Å². The van der Waals surface area contributed by atoms with E-state index in [1.807, 2.05) is 18.4 Å². The van der Waals surface area contributed by atoms with Crippen molar-refractivity contribution in [3.05, 3.63) is 51.4 Å². The number of nitrogens with two attached hydrogens (primary N) is 1. The number of methoxy groups -OCH3 is 1. The Balaban J connectivity index is 2.06. The predicted molar refractivity (Wildman–Crippen MR) is 85.1 cm³/mol. The number of benzene rings is 1. The Hall–Kier alpha value is -2.34. The number of fused-ring (bicyclic) bond motifs is 1. The van der Waals surface area contributed by atoms with Crippen LogP contribution in [0.25, 0.3) is 10.2 Å². The second-order valence-corrected chi connectivity index (χ2v) is 5.73. The number of aromatic nitrogens is 2. The number of nitrogens with zero attached hydrogens (tertiary/aromatic N) is 2. The van der Waals surface area contributed by atoms with E-state index in [9.17, 15) is 4.79 Å². The number of anilines is 1. The van der Waals surface area contributed by atoms with Crippen LogP contribution in [-0.2, 0) is 6.54 Å². The lowest BCUT2D eigenvalue weighted by molar-refractivity contribution is 0.408. The summed E-state index contributed by atoms with van der Waals surface area (Å²) in [6, 6.07) is 5.41. The lowest BCUT2D eigenvalue weighted by atomic mass is 10.2. The zero-order valence-electron chi connectivity index (χ0n) is 11.8. The van der Waals surface area contributed by atoms with Crippen molar-refractivity contribution in [2.45, 2.75) is 13.5 Å². The van der Waals surface area contributed by atoms with Gasteiger partial charge >= 0.3 is 0 Å². The first-order chi connectivity index (χ1) is 10.1. The quantitative estimate of drug-likeness (QED) is 0.754. The molecule has 1 aromatic carbocycles. The molecule has 0 aliphatic rings. The van der Waals surface area contributed by atoms with Crippen LogP contribution < -0.4 is 16.0 Å². The highest BCUT2D eigenvalue weighted by Crippen LogP contribution is 2.23. The zero-order chi connectivity index (χ0) is 15.0. The number of nitrogen functional groups attached to an aromatic ring is 1. The summed E-state index contributed by atoms with van der Waals surface area (Å²) >= 11 is 1.43. The lowest BCUT2D eigenvalue weighted by Gasteiger charge is -2.11. The predicted octanol–water partition coefficient (Wildman–Crippen LogP) is 2.41. The van der Waals surface area contributed by atoms with Gasteiger partial charge in [0, 0.05) is 17.3 Å². The molecule has 0 bridgehead atoms. The fourth-order valence-electron chi connectivity index (χ4n) is 2.25. The maximum atomic E-state index is 12.5. The van der Waals surface area contributed by atoms with E-state index in [4.69, 9.17) is 10.5 Å². The van der Waals surface area contributed by atoms with Gasteiger partial charge in [0.25, 0.3) is 5.56 Å². The minimum absolute atomic E-state index is 0.0306. The summed E-state index contributed by atoms with van der Waals surface area (Å²) in [4.78, 5) is 16.9. The molecule has 0 spiro atoms. The minimum Gasteiger partial charge on any atom is -0.496 e. The van der Waals surface area contributed by atoms with Crippen LogP contribution in [0, 0.1) is 6.92 Å². The molecule has 3 aromatic rings. The normalized spacial score (nSPS) is 11.0. The van der Waals surface area contributed by atoms with Crippen LogP contribution in [-0.4, -0.2) is 16.7 Å². The Kier molecular flexibility index (Phi) is 3.39. The number of ether oxygens (including phenoxy) is 1. The van der Waals surface area contributed by atoms with Crippen LogP contribution in [0.1, 0.15) is 11.1 Å². The average molecular weight is 301 g/mol. The van der Waals surface area contributed by atoms with Crippen molar-refractivity contribution in [1.82, 2.24) is 9.55 Å². The molecule has 0 aliphatic heterocycles. The highest BCUT2D eigenvalue weighted by molar-refractivity contribution is 7.17. The van der Waals surface area contributed by atoms with Gasteiger partial charge in [0.1, 0.15) is 10.4 Å². The van der Waals surface area contributed by atoms with Gasteiger partial charge < -0.3 is 10.5 Å². The molecule has 0 fully saturated rings. The van der Waals surface area contributed by atoms with Gasteiger partial charge in [-0.2, -0.15) is 0 Å². The van der Waals surface area contributed by atoms with Crippen LogP contribution in [0.15, 0.2) is 34.7 Å². The smallest absolute Gasteiger partial charge is 0.271 e. The van der Waals surface area contributed by atoms with Crippen molar-refractivity contribution < 1.29 is 4.74 Å². The Labute approximate surface area is 125 Å². The van der Waals surface area contributed by atoms with Crippen LogP contribution in [0.4, 0.5) is 5.69 Å². The SMILES string of the molecule is COc1cc(N)ccc1Cn1cnc2c(C)csc2c1=O. The van der Waals surface area contributed by atoms with Gasteiger partial charge in [0.2, 0.25) is 0 Å². The van der Waals surface area contributed by atoms with Crippen LogP contribution in [0.2, 0.25) is 0 Å². The number of hydrogen-bond acceptors (Lipinski definition) is 5. The van der Waals surface area contributed by atoms with Gasteiger partial charge in [0.05, 0.1) is 25.5 Å². The molecule has 21 heavy (non-hydrogen) atoms. The molecule has 3 rings (SSSR count). The highest BCUT2D eigenvalue weighted by Gasteiger charge is 2.10. The molecular weight excluding hydrogens is 286 g/mol. The molecule has 5 nitrogen and oxygen atoms in total. The molecule has 0 unspecified atom stereocenters. The largest absolute Gasteiger partial charge is 0.496 e. The third-order valence-electron chi connectivity index (χ3n) is 3.38. The van der Waals surface area contributed by atoms with Crippen molar-refractivity contribution in [3.8, 4) is 5.75 Å². The van der Waals surface area contributed by atoms with E-state index in [-0.39, 0.29) is 5.56 Å². The Bertz CT molecular complexity index is 867. The summed E-state index contributed by atoms with van der Waals surface area (Å²) in [6.45, 7) is 2.36. The third-order valence-corrected chi connectivity index (χ3v) is 4.45. The Morgan fingerprint density at radius 3 is 3.00 bits per heavy atom. The summed E-state index contributed by atoms with van der Waals surface area (Å²) in [5, 5.41) is 1.95. The maximum Gasteiger partial charge on any atom is 0.271 e. The Morgan fingerprint density at radius 1 is 1.43 bits per heavy atom. The zero-order valence-corrected chi connectivity index (χ0v) is 12.6. The maximum absolute atomic E-state index is 12.5. The second kappa shape index (κ2) is 5.21. The fraction of sp³-hybridized carbons (Fsp3) is 0.200. The van der Waals surface area contributed by atoms with Gasteiger partial charge in [-0.15, -0.1) is 11.3 Å². The van der Waals surface area contributed by atoms with E-state index >= 15 is 0 Å². The molecule has 108 valence electrons. The Morgan fingerprint density at radius 2 is 2.24 bits per heavy atom. The molecule has 0 saturated carbocycles. The molecule has 0 saturated heterocycles. The van der Waals surface area contributed by atoms with E-state index in [2.05, 4.69) is 4.98 Å². The summed E-state index contributed by atoms with van der Waals surface area (Å²) in [5.41, 5.74) is 9.05. The van der Waals surface area contributed by atoms with Gasteiger partial charge in [-0.25, -0.2) is 4.98 Å². The van der Waals surface area contributed by atoms with E-state index in [0.29, 0.717) is 22.7 Å². The first-order valence-corrected chi connectivity index (χ1v) is 7.33. The average Bonchev–Trinajstić information content (AvgIpc) is 2.86. The van der Waals surface area contributed by atoms with Gasteiger partial charge in [-0.3, -0.25) is 9.36 Å². The fourth-order valence-corrected chi connectivity index (χ4v) is 3.20. The number of aryl methyl sites for hydroxylation is 1. The monoisotopic (exact) mass is 301 g/mol. The van der Waals surface area contributed by atoms with Gasteiger partial charge in [-0.1, -0.05) is 6.07 Å². The number of thiophene rings is 1. The number of hydrogen-bond donors (Lipinski definition) is 1. The van der Waals surface area contributed by atoms with E-state index in [0.717, 1.165) is 16.6 Å². The van der Waals surface area contributed by atoms with Crippen LogP contribution in [0.3, 0.4) is 0 Å². The van der Waals surface area contributed by atoms with Crippen molar-refractivity contribution in [1.29, 1.82) is 0 Å². The summed E-state index contributed by atoms with van der Waals surface area (Å²) in [6.07, 6.45) is 1.58. The molecular formula is C15H15N3O2S. The molecule has 2 N–H and O–H groups in total. The molecule has 6 heteroatoms. The highest BCUT2D eigenvalue weighted by atomic mass is 32.1.